The first-order valence-electron chi connectivity index (χ1n) is 8.12. The quantitative estimate of drug-likeness (QED) is 0.501. The van der Waals surface area contributed by atoms with Crippen molar-refractivity contribution in [1.29, 1.82) is 0 Å². The van der Waals surface area contributed by atoms with E-state index >= 15 is 0 Å². The minimum atomic E-state index is 0.718. The van der Waals surface area contributed by atoms with E-state index < -0.39 is 0 Å². The second kappa shape index (κ2) is 8.02. The Morgan fingerprint density at radius 2 is 1.90 bits per heavy atom. The largest absolute Gasteiger partial charge is 0.462 e. The fraction of sp³-hybridized carbons (Fsp3) is 0.526. The van der Waals surface area contributed by atoms with Crippen molar-refractivity contribution in [3.8, 4) is 5.75 Å². The predicted molar refractivity (Wildman–Crippen MR) is 86.7 cm³/mol. The van der Waals surface area contributed by atoms with Crippen LogP contribution in [-0.2, 0) is 17.6 Å². The average molecular weight is 286 g/mol. The second-order valence-corrected chi connectivity index (χ2v) is 6.01. The van der Waals surface area contributed by atoms with E-state index in [9.17, 15) is 4.79 Å². The van der Waals surface area contributed by atoms with E-state index in [-0.39, 0.29) is 0 Å². The van der Waals surface area contributed by atoms with Gasteiger partial charge in [0.1, 0.15) is 12.0 Å². The maximum Gasteiger partial charge on any atom is 0.133 e. The van der Waals surface area contributed by atoms with E-state index in [4.69, 9.17) is 4.74 Å². The van der Waals surface area contributed by atoms with Crippen molar-refractivity contribution in [2.45, 2.75) is 64.7 Å². The van der Waals surface area contributed by atoms with Gasteiger partial charge in [0, 0.05) is 12.8 Å². The van der Waals surface area contributed by atoms with Crippen molar-refractivity contribution in [3.63, 3.8) is 0 Å². The Bertz CT molecular complexity index is 503. The number of carbonyl (C=O) groups is 1. The minimum absolute atomic E-state index is 0.718. The molecule has 2 nitrogen and oxygen atoms in total. The molecule has 1 aromatic carbocycles. The molecule has 2 heteroatoms. The van der Waals surface area contributed by atoms with Crippen LogP contribution in [-0.4, -0.2) is 6.29 Å². The highest BCUT2D eigenvalue weighted by Gasteiger charge is 2.16. The molecule has 0 radical (unpaired) electrons. The van der Waals surface area contributed by atoms with Gasteiger partial charge in [0.2, 0.25) is 0 Å². The molecule has 114 valence electrons. The minimum Gasteiger partial charge on any atom is -0.462 e. The van der Waals surface area contributed by atoms with Crippen LogP contribution in [0.1, 0.15) is 61.6 Å². The zero-order chi connectivity index (χ0) is 15.1. The molecule has 0 amide bonds. The Morgan fingerprint density at radius 3 is 2.71 bits per heavy atom. The Kier molecular flexibility index (Phi) is 6.04. The van der Waals surface area contributed by atoms with Crippen molar-refractivity contribution in [2.75, 3.05) is 0 Å². The summed E-state index contributed by atoms with van der Waals surface area (Å²) in [4.78, 5) is 10.2. The number of aldehydes is 1. The van der Waals surface area contributed by atoms with E-state index in [0.29, 0.717) is 0 Å². The van der Waals surface area contributed by atoms with Crippen molar-refractivity contribution in [3.05, 3.63) is 41.2 Å². The number of benzene rings is 1. The van der Waals surface area contributed by atoms with Gasteiger partial charge in [-0.3, -0.25) is 0 Å². The summed E-state index contributed by atoms with van der Waals surface area (Å²) >= 11 is 0. The van der Waals surface area contributed by atoms with Gasteiger partial charge in [-0.05, 0) is 49.3 Å². The van der Waals surface area contributed by atoms with E-state index in [1.165, 1.54) is 42.4 Å². The molecule has 0 atom stereocenters. The summed E-state index contributed by atoms with van der Waals surface area (Å²) in [7, 11) is 0. The van der Waals surface area contributed by atoms with Crippen LogP contribution in [0.3, 0.4) is 0 Å². The summed E-state index contributed by atoms with van der Waals surface area (Å²) in [5.41, 5.74) is 3.99. The molecule has 0 unspecified atom stereocenters. The van der Waals surface area contributed by atoms with Crippen LogP contribution in [0, 0.1) is 6.92 Å². The molecule has 21 heavy (non-hydrogen) atoms. The second-order valence-electron chi connectivity index (χ2n) is 6.01. The molecule has 0 fully saturated rings. The van der Waals surface area contributed by atoms with Crippen molar-refractivity contribution in [1.82, 2.24) is 0 Å². The standard InChI is InChI=1S/C19H26O2/c1-15-13-17(9-7-5-3-4-6-8-12-20)14-18-11-10-16(2)21-19(15)18/h12-14H,2-11H2,1H3. The lowest BCUT2D eigenvalue weighted by atomic mass is 9.96. The highest BCUT2D eigenvalue weighted by atomic mass is 16.5. The summed E-state index contributed by atoms with van der Waals surface area (Å²) in [6, 6.07) is 4.56. The lowest BCUT2D eigenvalue weighted by Crippen LogP contribution is -2.08. The fourth-order valence-corrected chi connectivity index (χ4v) is 2.96. The molecule has 0 N–H and O–H groups in total. The van der Waals surface area contributed by atoms with Gasteiger partial charge in [0.05, 0.1) is 5.76 Å². The molecule has 0 saturated heterocycles. The van der Waals surface area contributed by atoms with Crippen molar-refractivity contribution < 1.29 is 9.53 Å². The summed E-state index contributed by atoms with van der Waals surface area (Å²) in [5, 5.41) is 0. The molecule has 0 spiro atoms. The molecule has 0 bridgehead atoms. The first-order chi connectivity index (χ1) is 10.2. The highest BCUT2D eigenvalue weighted by Crippen LogP contribution is 2.33. The van der Waals surface area contributed by atoms with Gasteiger partial charge in [0.15, 0.2) is 0 Å². The molecule has 0 saturated carbocycles. The van der Waals surface area contributed by atoms with Gasteiger partial charge < -0.3 is 9.53 Å². The molecule has 0 aromatic heterocycles. The number of allylic oxidation sites excluding steroid dienone is 1. The lowest BCUT2D eigenvalue weighted by Gasteiger charge is -2.21. The maximum atomic E-state index is 10.2. The lowest BCUT2D eigenvalue weighted by molar-refractivity contribution is -0.107. The summed E-state index contributed by atoms with van der Waals surface area (Å²) in [5.74, 6) is 1.91. The van der Waals surface area contributed by atoms with Gasteiger partial charge in [-0.15, -0.1) is 0 Å². The molecule has 1 heterocycles. The van der Waals surface area contributed by atoms with Crippen LogP contribution in [0.2, 0.25) is 0 Å². The van der Waals surface area contributed by atoms with E-state index in [2.05, 4.69) is 25.6 Å². The van der Waals surface area contributed by atoms with Gasteiger partial charge in [-0.1, -0.05) is 38.0 Å². The summed E-state index contributed by atoms with van der Waals surface area (Å²) in [6.45, 7) is 6.05. The Hall–Kier alpha value is -1.57. The van der Waals surface area contributed by atoms with E-state index in [1.54, 1.807) is 0 Å². The molecule has 1 aliphatic heterocycles. The van der Waals surface area contributed by atoms with Gasteiger partial charge in [-0.25, -0.2) is 0 Å². The molecular weight excluding hydrogens is 260 g/mol. The number of ether oxygens (including phenoxy) is 1. The zero-order valence-corrected chi connectivity index (χ0v) is 13.1. The summed E-state index contributed by atoms with van der Waals surface area (Å²) in [6.07, 6.45) is 10.8. The monoisotopic (exact) mass is 286 g/mol. The molecular formula is C19H26O2. The Morgan fingerprint density at radius 1 is 1.14 bits per heavy atom. The SMILES string of the molecule is C=C1CCc2cc(CCCCCCCC=O)cc(C)c2O1. The van der Waals surface area contributed by atoms with Crippen LogP contribution in [0.25, 0.3) is 0 Å². The number of hydrogen-bond acceptors (Lipinski definition) is 2. The third-order valence-corrected chi connectivity index (χ3v) is 4.12. The number of rotatable bonds is 8. The molecule has 1 aliphatic rings. The topological polar surface area (TPSA) is 26.3 Å². The van der Waals surface area contributed by atoms with E-state index in [1.807, 2.05) is 0 Å². The number of unbranched alkanes of at least 4 members (excludes halogenated alkanes) is 5. The van der Waals surface area contributed by atoms with Crippen LogP contribution in [0.4, 0.5) is 0 Å². The molecule has 2 rings (SSSR count). The molecule has 1 aromatic rings. The van der Waals surface area contributed by atoms with Gasteiger partial charge in [-0.2, -0.15) is 0 Å². The number of carbonyl (C=O) groups excluding carboxylic acids is 1. The normalized spacial score (nSPS) is 13.7. The fourth-order valence-electron chi connectivity index (χ4n) is 2.96. The van der Waals surface area contributed by atoms with Crippen molar-refractivity contribution in [2.24, 2.45) is 0 Å². The van der Waals surface area contributed by atoms with Gasteiger partial charge in [0.25, 0.3) is 0 Å². The van der Waals surface area contributed by atoms with Gasteiger partial charge >= 0.3 is 0 Å². The number of hydrogen-bond donors (Lipinski definition) is 0. The predicted octanol–water partition coefficient (Wildman–Crippen LogP) is 4.92. The Balaban J connectivity index is 1.80. The smallest absolute Gasteiger partial charge is 0.133 e. The van der Waals surface area contributed by atoms with Crippen LogP contribution >= 0.6 is 0 Å². The van der Waals surface area contributed by atoms with Crippen LogP contribution in [0.5, 0.6) is 5.75 Å². The third kappa shape index (κ3) is 4.73. The number of aryl methyl sites for hydroxylation is 3. The molecule has 0 aliphatic carbocycles. The number of fused-ring (bicyclic) bond motifs is 1. The average Bonchev–Trinajstić information content (AvgIpc) is 2.47. The van der Waals surface area contributed by atoms with Crippen LogP contribution < -0.4 is 4.74 Å². The Labute approximate surface area is 128 Å². The summed E-state index contributed by atoms with van der Waals surface area (Å²) < 4.78 is 5.78. The third-order valence-electron chi connectivity index (χ3n) is 4.12. The zero-order valence-electron chi connectivity index (χ0n) is 13.1. The first kappa shape index (κ1) is 15.8. The van der Waals surface area contributed by atoms with E-state index in [0.717, 1.165) is 49.9 Å². The first-order valence-corrected chi connectivity index (χ1v) is 8.12. The highest BCUT2D eigenvalue weighted by molar-refractivity contribution is 5.49. The van der Waals surface area contributed by atoms with Crippen LogP contribution in [0.15, 0.2) is 24.5 Å². The van der Waals surface area contributed by atoms with Crippen molar-refractivity contribution >= 4 is 6.29 Å². The maximum absolute atomic E-state index is 10.2.